The molecule has 1 aromatic carbocycles. The zero-order valence-electron chi connectivity index (χ0n) is 13.2. The summed E-state index contributed by atoms with van der Waals surface area (Å²) >= 11 is 0. The molecule has 2 aromatic heterocycles. The van der Waals surface area contributed by atoms with Crippen molar-refractivity contribution < 1.29 is 13.2 Å². The number of amides is 1. The van der Waals surface area contributed by atoms with Gasteiger partial charge in [-0.3, -0.25) is 9.89 Å². The van der Waals surface area contributed by atoms with Crippen LogP contribution in [0.3, 0.4) is 0 Å². The Balaban J connectivity index is 1.77. The van der Waals surface area contributed by atoms with Crippen molar-refractivity contribution in [1.29, 1.82) is 0 Å². The van der Waals surface area contributed by atoms with Gasteiger partial charge < -0.3 is 5.32 Å². The summed E-state index contributed by atoms with van der Waals surface area (Å²) < 4.78 is 22.6. The maximum absolute atomic E-state index is 12.3. The summed E-state index contributed by atoms with van der Waals surface area (Å²) in [5, 5.41) is 10.5. The first-order chi connectivity index (χ1) is 11.3. The van der Waals surface area contributed by atoms with E-state index in [0.29, 0.717) is 22.5 Å². The van der Waals surface area contributed by atoms with Gasteiger partial charge in [0.05, 0.1) is 17.6 Å². The lowest BCUT2D eigenvalue weighted by molar-refractivity contribution is 0.102. The molecule has 124 valence electrons. The van der Waals surface area contributed by atoms with Crippen LogP contribution in [0.4, 0.5) is 5.69 Å². The molecule has 1 amide bonds. The van der Waals surface area contributed by atoms with E-state index in [-0.39, 0.29) is 11.7 Å². The molecule has 0 atom stereocenters. The van der Waals surface area contributed by atoms with E-state index in [1.807, 2.05) is 6.92 Å². The van der Waals surface area contributed by atoms with Crippen LogP contribution in [0.2, 0.25) is 0 Å². The van der Waals surface area contributed by atoms with Crippen molar-refractivity contribution in [1.82, 2.24) is 15.2 Å². The Kier molecular flexibility index (Phi) is 4.06. The first kappa shape index (κ1) is 16.1. The Morgan fingerprint density at radius 1 is 1.25 bits per heavy atom. The lowest BCUT2D eigenvalue weighted by Crippen LogP contribution is -2.12. The SMILES string of the molecule is Cc1[nH]nc2ncc(NC(=O)c3ccc(CS(C)(=O)=O)cc3)cc12. The van der Waals surface area contributed by atoms with E-state index < -0.39 is 9.84 Å². The van der Waals surface area contributed by atoms with Gasteiger partial charge in [0.25, 0.3) is 5.91 Å². The van der Waals surface area contributed by atoms with Crippen LogP contribution in [0.5, 0.6) is 0 Å². The van der Waals surface area contributed by atoms with Gasteiger partial charge in [-0.2, -0.15) is 5.10 Å². The van der Waals surface area contributed by atoms with Crippen molar-refractivity contribution in [2.45, 2.75) is 12.7 Å². The standard InChI is InChI=1S/C16H16N4O3S/c1-10-14-7-13(8-17-15(14)20-19-10)18-16(21)12-5-3-11(4-6-12)9-24(2,22)23/h3-8H,9H2,1-2H3,(H,18,21)(H,17,19,20). The van der Waals surface area contributed by atoms with E-state index in [0.717, 1.165) is 11.1 Å². The van der Waals surface area contributed by atoms with E-state index in [2.05, 4.69) is 20.5 Å². The number of nitrogens with zero attached hydrogens (tertiary/aromatic N) is 2. The zero-order chi connectivity index (χ0) is 17.3. The van der Waals surface area contributed by atoms with Gasteiger partial charge in [-0.1, -0.05) is 12.1 Å². The maximum atomic E-state index is 12.3. The average molecular weight is 344 g/mol. The van der Waals surface area contributed by atoms with Crippen LogP contribution in [0.15, 0.2) is 36.5 Å². The second kappa shape index (κ2) is 6.04. The minimum atomic E-state index is -3.10. The number of H-pyrrole nitrogens is 1. The topological polar surface area (TPSA) is 105 Å². The molecular formula is C16H16N4O3S. The summed E-state index contributed by atoms with van der Waals surface area (Å²) in [4.78, 5) is 16.5. The quantitative estimate of drug-likeness (QED) is 0.754. The summed E-state index contributed by atoms with van der Waals surface area (Å²) in [5.41, 5.74) is 3.12. The third-order valence-electron chi connectivity index (χ3n) is 3.50. The molecule has 0 saturated carbocycles. The van der Waals surface area contributed by atoms with Gasteiger partial charge >= 0.3 is 0 Å². The summed E-state index contributed by atoms with van der Waals surface area (Å²) in [5.74, 6) is -0.335. The second-order valence-corrected chi connectivity index (χ2v) is 7.81. The molecule has 8 heteroatoms. The summed E-state index contributed by atoms with van der Waals surface area (Å²) in [6.07, 6.45) is 2.72. The Bertz CT molecular complexity index is 1010. The zero-order valence-corrected chi connectivity index (χ0v) is 14.0. The number of hydrogen-bond donors (Lipinski definition) is 2. The Morgan fingerprint density at radius 2 is 1.96 bits per heavy atom. The molecule has 2 heterocycles. The molecule has 0 bridgehead atoms. The molecule has 0 unspecified atom stereocenters. The molecule has 0 fully saturated rings. The van der Waals surface area contributed by atoms with E-state index in [9.17, 15) is 13.2 Å². The number of benzene rings is 1. The molecule has 0 spiro atoms. The first-order valence-corrected chi connectivity index (χ1v) is 9.26. The minimum absolute atomic E-state index is 0.0464. The van der Waals surface area contributed by atoms with E-state index in [1.54, 1.807) is 36.5 Å². The predicted octanol–water partition coefficient (Wildman–Crippen LogP) is 2.06. The summed E-state index contributed by atoms with van der Waals surface area (Å²) in [7, 11) is -3.10. The number of carbonyl (C=O) groups is 1. The lowest BCUT2D eigenvalue weighted by Gasteiger charge is -2.06. The van der Waals surface area contributed by atoms with Crippen molar-refractivity contribution in [2.75, 3.05) is 11.6 Å². The molecule has 7 nitrogen and oxygen atoms in total. The molecule has 0 saturated heterocycles. The highest BCUT2D eigenvalue weighted by molar-refractivity contribution is 7.89. The van der Waals surface area contributed by atoms with Gasteiger partial charge in [-0.05, 0) is 30.7 Å². The molecule has 0 aliphatic carbocycles. The van der Waals surface area contributed by atoms with Crippen LogP contribution in [-0.2, 0) is 15.6 Å². The Morgan fingerprint density at radius 3 is 2.62 bits per heavy atom. The lowest BCUT2D eigenvalue weighted by atomic mass is 10.1. The summed E-state index contributed by atoms with van der Waals surface area (Å²) in [6.45, 7) is 1.88. The Hall–Kier alpha value is -2.74. The highest BCUT2D eigenvalue weighted by atomic mass is 32.2. The van der Waals surface area contributed by atoms with Gasteiger partial charge in [0.1, 0.15) is 0 Å². The smallest absolute Gasteiger partial charge is 0.255 e. The Labute approximate surface area is 139 Å². The molecule has 3 aromatic rings. The third-order valence-corrected chi connectivity index (χ3v) is 4.36. The highest BCUT2D eigenvalue weighted by Crippen LogP contribution is 2.18. The molecule has 0 aliphatic heterocycles. The molecule has 0 aliphatic rings. The molecule has 3 rings (SSSR count). The fourth-order valence-electron chi connectivity index (χ4n) is 2.35. The van der Waals surface area contributed by atoms with Gasteiger partial charge in [0.2, 0.25) is 0 Å². The van der Waals surface area contributed by atoms with Gasteiger partial charge in [0, 0.05) is 22.9 Å². The number of aromatic amines is 1. The van der Waals surface area contributed by atoms with Gasteiger partial charge in [-0.25, -0.2) is 13.4 Å². The fraction of sp³-hybridized carbons (Fsp3) is 0.188. The number of nitrogens with one attached hydrogen (secondary N) is 2. The second-order valence-electron chi connectivity index (χ2n) is 5.66. The number of aryl methyl sites for hydroxylation is 1. The van der Waals surface area contributed by atoms with Crippen LogP contribution >= 0.6 is 0 Å². The maximum Gasteiger partial charge on any atom is 0.255 e. The van der Waals surface area contributed by atoms with Crippen molar-refractivity contribution in [3.63, 3.8) is 0 Å². The van der Waals surface area contributed by atoms with E-state index in [1.165, 1.54) is 6.26 Å². The van der Waals surface area contributed by atoms with E-state index in [4.69, 9.17) is 0 Å². The van der Waals surface area contributed by atoms with Crippen LogP contribution < -0.4 is 5.32 Å². The van der Waals surface area contributed by atoms with Gasteiger partial charge in [0.15, 0.2) is 15.5 Å². The molecule has 0 radical (unpaired) electrons. The van der Waals surface area contributed by atoms with Crippen molar-refractivity contribution >= 4 is 32.5 Å². The number of carbonyl (C=O) groups excluding carboxylic acids is 1. The van der Waals surface area contributed by atoms with Crippen LogP contribution in [-0.4, -0.2) is 35.8 Å². The largest absolute Gasteiger partial charge is 0.321 e. The number of hydrogen-bond acceptors (Lipinski definition) is 5. The monoisotopic (exact) mass is 344 g/mol. The van der Waals surface area contributed by atoms with E-state index >= 15 is 0 Å². The number of pyridine rings is 1. The van der Waals surface area contributed by atoms with Crippen LogP contribution in [0.25, 0.3) is 11.0 Å². The fourth-order valence-corrected chi connectivity index (χ4v) is 3.14. The number of anilines is 1. The number of aromatic nitrogens is 3. The average Bonchev–Trinajstić information content (AvgIpc) is 2.87. The van der Waals surface area contributed by atoms with Crippen LogP contribution in [0, 0.1) is 6.92 Å². The number of sulfone groups is 1. The number of fused-ring (bicyclic) bond motifs is 1. The minimum Gasteiger partial charge on any atom is -0.321 e. The normalized spacial score (nSPS) is 11.6. The predicted molar refractivity (Wildman–Crippen MR) is 91.6 cm³/mol. The third kappa shape index (κ3) is 3.60. The molecule has 2 N–H and O–H groups in total. The number of rotatable bonds is 4. The van der Waals surface area contributed by atoms with Crippen molar-refractivity contribution in [3.8, 4) is 0 Å². The summed E-state index contributed by atoms with van der Waals surface area (Å²) in [6, 6.07) is 8.28. The van der Waals surface area contributed by atoms with Crippen molar-refractivity contribution in [3.05, 3.63) is 53.3 Å². The van der Waals surface area contributed by atoms with Gasteiger partial charge in [-0.15, -0.1) is 0 Å². The molecular weight excluding hydrogens is 328 g/mol. The molecule has 24 heavy (non-hydrogen) atoms. The first-order valence-electron chi connectivity index (χ1n) is 7.20. The highest BCUT2D eigenvalue weighted by Gasteiger charge is 2.10. The van der Waals surface area contributed by atoms with Crippen molar-refractivity contribution in [2.24, 2.45) is 0 Å². The van der Waals surface area contributed by atoms with Crippen LogP contribution in [0.1, 0.15) is 21.6 Å².